The minimum Gasteiger partial charge on any atom is -0.422 e. The van der Waals surface area contributed by atoms with Crippen LogP contribution >= 0.6 is 0 Å². The van der Waals surface area contributed by atoms with Crippen molar-refractivity contribution in [3.05, 3.63) is 54.7 Å². The van der Waals surface area contributed by atoms with Crippen LogP contribution in [0.5, 0.6) is 5.75 Å². The summed E-state index contributed by atoms with van der Waals surface area (Å²) in [4.78, 5) is 16.4. The summed E-state index contributed by atoms with van der Waals surface area (Å²) in [5, 5.41) is 49.7. The summed E-state index contributed by atoms with van der Waals surface area (Å²) in [7, 11) is 0. The molecule has 8 heteroatoms. The van der Waals surface area contributed by atoms with E-state index in [0.29, 0.717) is 24.6 Å². The third-order valence-corrected chi connectivity index (χ3v) is 8.84. The lowest BCUT2D eigenvalue weighted by Crippen LogP contribution is -2.72. The Balaban J connectivity index is 1.27. The van der Waals surface area contributed by atoms with Gasteiger partial charge in [-0.3, -0.25) is 0 Å². The number of aromatic nitrogens is 1. The summed E-state index contributed by atoms with van der Waals surface area (Å²) in [5.74, 6) is -3.44. The van der Waals surface area contributed by atoms with Gasteiger partial charge in [0.05, 0.1) is 5.39 Å². The Morgan fingerprint density at radius 3 is 2.56 bits per heavy atom. The highest BCUT2D eigenvalue weighted by molar-refractivity contribution is 6.14. The fraction of sp³-hybridized carbons (Fsp3) is 0.393. The summed E-state index contributed by atoms with van der Waals surface area (Å²) >= 11 is 0. The molecule has 0 amide bonds. The maximum atomic E-state index is 13.3. The third kappa shape index (κ3) is 2.68. The lowest BCUT2D eigenvalue weighted by molar-refractivity contribution is -0.367. The molecule has 4 aromatic rings. The molecule has 0 radical (unpaired) electrons. The monoisotopic (exact) mass is 489 g/mol. The molecule has 7 rings (SSSR count). The zero-order valence-corrected chi connectivity index (χ0v) is 19.5. The second-order valence-electron chi connectivity index (χ2n) is 10.6. The fourth-order valence-electron chi connectivity index (χ4n) is 6.92. The van der Waals surface area contributed by atoms with Crippen LogP contribution in [-0.4, -0.2) is 60.6 Å². The average molecular weight is 490 g/mol. The third-order valence-electron chi connectivity index (χ3n) is 8.84. The maximum absolute atomic E-state index is 13.3. The highest BCUT2D eigenvalue weighted by Crippen LogP contribution is 2.59. The van der Waals surface area contributed by atoms with E-state index in [4.69, 9.17) is 9.47 Å². The lowest BCUT2D eigenvalue weighted by atomic mass is 9.64. The molecule has 2 saturated carbocycles. The SMILES string of the molecule is O=C(Oc1c[nH]c2ccc3cc4ccccc4cc3c12)[C@@H]1O[C@]2(O)[C@@](O)(CC[C@@H]3CCC[C@]32O)[C@H]1O. The molecular formula is C28H27NO7. The number of hydrogen-bond acceptors (Lipinski definition) is 7. The second kappa shape index (κ2) is 7.27. The highest BCUT2D eigenvalue weighted by Gasteiger charge is 2.78. The summed E-state index contributed by atoms with van der Waals surface area (Å²) in [6.07, 6.45) is 0.122. The van der Waals surface area contributed by atoms with Crippen molar-refractivity contribution in [3.63, 3.8) is 0 Å². The van der Waals surface area contributed by atoms with Gasteiger partial charge in [0.2, 0.25) is 5.79 Å². The molecule has 36 heavy (non-hydrogen) atoms. The first-order chi connectivity index (χ1) is 17.2. The number of ether oxygens (including phenoxy) is 2. The highest BCUT2D eigenvalue weighted by atomic mass is 16.7. The molecule has 3 aromatic carbocycles. The molecular weight excluding hydrogens is 462 g/mol. The number of rotatable bonds is 2. The van der Waals surface area contributed by atoms with Gasteiger partial charge < -0.3 is 34.9 Å². The number of aliphatic hydroxyl groups excluding tert-OH is 1. The molecule has 0 bridgehead atoms. The number of nitrogens with one attached hydrogen (secondary N) is 1. The van der Waals surface area contributed by atoms with E-state index in [1.54, 1.807) is 6.20 Å². The smallest absolute Gasteiger partial charge is 0.343 e. The number of fused-ring (bicyclic) bond motifs is 7. The summed E-state index contributed by atoms with van der Waals surface area (Å²) in [5.41, 5.74) is -3.16. The van der Waals surface area contributed by atoms with Crippen LogP contribution < -0.4 is 4.74 Å². The van der Waals surface area contributed by atoms with Crippen LogP contribution in [0.15, 0.2) is 54.7 Å². The summed E-state index contributed by atoms with van der Waals surface area (Å²) < 4.78 is 11.4. The first kappa shape index (κ1) is 22.2. The Hall–Kier alpha value is -3.01. The van der Waals surface area contributed by atoms with Crippen molar-refractivity contribution in [1.29, 1.82) is 0 Å². The van der Waals surface area contributed by atoms with Crippen LogP contribution in [0.4, 0.5) is 0 Å². The van der Waals surface area contributed by atoms with Crippen LogP contribution in [0.25, 0.3) is 32.4 Å². The van der Waals surface area contributed by atoms with E-state index in [1.807, 2.05) is 42.5 Å². The largest absolute Gasteiger partial charge is 0.422 e. The van der Waals surface area contributed by atoms with Crippen molar-refractivity contribution in [1.82, 2.24) is 4.98 Å². The van der Waals surface area contributed by atoms with E-state index < -0.39 is 35.2 Å². The van der Waals surface area contributed by atoms with Gasteiger partial charge in [-0.15, -0.1) is 0 Å². The lowest BCUT2D eigenvalue weighted by Gasteiger charge is -2.52. The zero-order chi connectivity index (χ0) is 24.9. The van der Waals surface area contributed by atoms with Gasteiger partial charge in [-0.2, -0.15) is 0 Å². The molecule has 2 heterocycles. The normalized spacial score (nSPS) is 35.8. The number of benzene rings is 3. The van der Waals surface area contributed by atoms with Gasteiger partial charge in [0.25, 0.3) is 0 Å². The van der Waals surface area contributed by atoms with E-state index in [0.717, 1.165) is 27.1 Å². The van der Waals surface area contributed by atoms with E-state index >= 15 is 0 Å². The molecule has 6 atom stereocenters. The van der Waals surface area contributed by atoms with Crippen molar-refractivity contribution >= 4 is 38.4 Å². The van der Waals surface area contributed by atoms with Crippen molar-refractivity contribution in [2.45, 2.75) is 61.3 Å². The van der Waals surface area contributed by atoms with Gasteiger partial charge in [0, 0.05) is 11.7 Å². The van der Waals surface area contributed by atoms with Gasteiger partial charge in [-0.25, -0.2) is 4.79 Å². The number of H-pyrrole nitrogens is 1. The number of carbonyl (C=O) groups is 1. The molecule has 1 aromatic heterocycles. The first-order valence-electron chi connectivity index (χ1n) is 12.4. The molecule has 0 spiro atoms. The van der Waals surface area contributed by atoms with Crippen molar-refractivity contribution in [2.24, 2.45) is 5.92 Å². The quantitative estimate of drug-likeness (QED) is 0.216. The van der Waals surface area contributed by atoms with Crippen molar-refractivity contribution in [2.75, 3.05) is 0 Å². The minimum atomic E-state index is -2.46. The molecule has 2 aliphatic carbocycles. The Bertz CT molecular complexity index is 1550. The Morgan fingerprint density at radius 2 is 1.75 bits per heavy atom. The van der Waals surface area contributed by atoms with Crippen molar-refractivity contribution < 1.29 is 34.7 Å². The molecule has 8 nitrogen and oxygen atoms in total. The van der Waals surface area contributed by atoms with Gasteiger partial charge in [-0.1, -0.05) is 30.3 Å². The van der Waals surface area contributed by atoms with E-state index in [2.05, 4.69) is 11.1 Å². The van der Waals surface area contributed by atoms with Crippen LogP contribution in [-0.2, 0) is 9.53 Å². The van der Waals surface area contributed by atoms with E-state index in [9.17, 15) is 25.2 Å². The minimum absolute atomic E-state index is 0.00617. The summed E-state index contributed by atoms with van der Waals surface area (Å²) in [6, 6.07) is 16.0. The molecule has 186 valence electrons. The maximum Gasteiger partial charge on any atom is 0.343 e. The van der Waals surface area contributed by atoms with Crippen LogP contribution in [0.1, 0.15) is 32.1 Å². The van der Waals surface area contributed by atoms with Crippen LogP contribution in [0.3, 0.4) is 0 Å². The van der Waals surface area contributed by atoms with Gasteiger partial charge >= 0.3 is 5.97 Å². The average Bonchev–Trinajstić information content (AvgIpc) is 3.53. The number of aliphatic hydroxyl groups is 4. The first-order valence-corrected chi connectivity index (χ1v) is 12.4. The molecule has 0 unspecified atom stereocenters. The molecule has 5 N–H and O–H groups in total. The zero-order valence-electron chi connectivity index (χ0n) is 19.5. The number of hydrogen-bond donors (Lipinski definition) is 5. The number of carbonyl (C=O) groups excluding carboxylic acids is 1. The molecule has 3 aliphatic rings. The Labute approximate surface area is 206 Å². The van der Waals surface area contributed by atoms with Gasteiger partial charge in [-0.05, 0) is 77.8 Å². The van der Waals surface area contributed by atoms with Crippen LogP contribution in [0, 0.1) is 5.92 Å². The van der Waals surface area contributed by atoms with Crippen molar-refractivity contribution in [3.8, 4) is 5.75 Å². The second-order valence-corrected chi connectivity index (χ2v) is 10.6. The predicted octanol–water partition coefficient (Wildman–Crippen LogP) is 2.88. The Kier molecular flexibility index (Phi) is 4.49. The van der Waals surface area contributed by atoms with Crippen LogP contribution in [0.2, 0.25) is 0 Å². The van der Waals surface area contributed by atoms with Gasteiger partial charge in [0.1, 0.15) is 17.3 Å². The van der Waals surface area contributed by atoms with Gasteiger partial charge in [0.15, 0.2) is 11.9 Å². The molecule has 3 fully saturated rings. The fourth-order valence-corrected chi connectivity index (χ4v) is 6.92. The number of aromatic amines is 1. The summed E-state index contributed by atoms with van der Waals surface area (Å²) in [6.45, 7) is 0. The number of esters is 1. The standard InChI is InChI=1S/C28H27NO7/c30-24-23(36-28(34)26(32)10-3-6-18(26)9-11-27(24,28)33)25(31)35-21-14-29-20-8-7-17-12-15-4-1-2-5-16(15)13-19(17)22(20)21/h1-2,4-5,7-8,12-14,18,23-24,29-30,32-34H,3,6,9-11H2/t18-,23+,24-,26-,27+,28-/m0/s1. The molecule has 1 saturated heterocycles. The molecule has 1 aliphatic heterocycles. The van der Waals surface area contributed by atoms with E-state index in [-0.39, 0.29) is 24.5 Å². The predicted molar refractivity (Wildman–Crippen MR) is 131 cm³/mol. The Morgan fingerprint density at radius 1 is 0.972 bits per heavy atom. The topological polar surface area (TPSA) is 132 Å². The van der Waals surface area contributed by atoms with E-state index in [1.165, 1.54) is 0 Å².